The van der Waals surface area contributed by atoms with Gasteiger partial charge >= 0.3 is 34.7 Å². The maximum Gasteiger partial charge on any atom is 0.516 e. The van der Waals surface area contributed by atoms with Gasteiger partial charge in [-0.25, -0.2) is 24.7 Å². The summed E-state index contributed by atoms with van der Waals surface area (Å²) >= 11 is 1.96. The molecule has 0 fully saturated rings. The molecule has 0 aliphatic carbocycles. The summed E-state index contributed by atoms with van der Waals surface area (Å²) in [5.74, 6) is -0.928. The molecule has 0 bridgehead atoms. The third-order valence-corrected chi connectivity index (χ3v) is 22.4. The molecule has 2 unspecified atom stereocenters. The second kappa shape index (κ2) is 33.1. The van der Waals surface area contributed by atoms with Crippen molar-refractivity contribution in [3.8, 4) is 57.7 Å². The molecule has 562 valence electrons. The number of hydrogen-bond donors (Lipinski definition) is 4. The van der Waals surface area contributed by atoms with Gasteiger partial charge in [-0.2, -0.15) is 45.3 Å². The van der Waals surface area contributed by atoms with Crippen LogP contribution in [0, 0.1) is 22.7 Å². The van der Waals surface area contributed by atoms with Crippen LogP contribution in [0.2, 0.25) is 0 Å². The van der Waals surface area contributed by atoms with Gasteiger partial charge in [-0.1, -0.05) is 143 Å². The molecular weight excluding hydrogens is 1520 g/mol. The standard InChI is InChI=1S/C80H62B2F6N12O8S4/c1-105-58-35-37-66-62(42-58)95-77(109-66)60(44-89)74-70-71(73(100(74)82(54-20-11-5-12-21-54)55-22-13-6-14-23-55)50-28-33-57(34-29-50)108-65(76-92-40-41-93-76)24-15-25-68(101)97-111-79(83,84)85)75(61(45-90)78-96-63-43-59(106-2)36-38-67(63)110-78)99(81(52-16-7-3-8-17-52)53-18-9-4-10-19-53)72(70)49-26-31-56(32-27-49)107-47-51(64-46-91-48-94-64)30-39-69(102)98-112(103,104)80(86,87)88/h3-14,16-23,26-29,31-38,40-43,46,48,51,65H,15,24-25,30,39,47H2,1-2H3,(H,91,94)(H,92,93)(H,97,101)(H,98,102)/b74-60-,75-61-. The molecule has 20 nitrogen and oxygen atoms in total. The minimum Gasteiger partial charge on any atom is -0.497 e. The number of aromatic nitrogens is 8. The fourth-order valence-corrected chi connectivity index (χ4v) is 16.4. The van der Waals surface area contributed by atoms with Gasteiger partial charge in [0.2, 0.25) is 11.8 Å². The predicted octanol–water partition coefficient (Wildman–Crippen LogP) is 12.7. The molecule has 2 amide bonds. The fourth-order valence-electron chi connectivity index (χ4n) is 13.6. The molecule has 14 rings (SSSR count). The second-order valence-corrected chi connectivity index (χ2v) is 30.2. The molecular formula is C80H62B2F6N12O8S4. The van der Waals surface area contributed by atoms with Crippen LogP contribution < -0.4 is 60.9 Å². The first kappa shape index (κ1) is 76.4. The number of nitriles is 2. The molecule has 32 heteroatoms. The number of sulfonamides is 1. The van der Waals surface area contributed by atoms with E-state index in [1.54, 1.807) is 56.8 Å². The Morgan fingerprint density at radius 3 is 1.50 bits per heavy atom. The molecule has 0 aliphatic rings. The molecule has 0 aliphatic heterocycles. The lowest BCUT2D eigenvalue weighted by molar-refractivity contribution is -0.120. The van der Waals surface area contributed by atoms with Crippen LogP contribution in [0.3, 0.4) is 0 Å². The Morgan fingerprint density at radius 2 is 1.08 bits per heavy atom. The minimum atomic E-state index is -6.00. The predicted molar refractivity (Wildman–Crippen MR) is 422 cm³/mol. The topological polar surface area (TPSA) is 270 Å². The van der Waals surface area contributed by atoms with E-state index in [0.29, 0.717) is 93.8 Å². The van der Waals surface area contributed by atoms with Crippen LogP contribution in [-0.2, 0) is 19.6 Å². The Morgan fingerprint density at radius 1 is 0.607 bits per heavy atom. The molecule has 0 radical (unpaired) electrons. The van der Waals surface area contributed by atoms with Gasteiger partial charge < -0.3 is 37.9 Å². The zero-order chi connectivity index (χ0) is 78.3. The molecule has 6 heterocycles. The van der Waals surface area contributed by atoms with Crippen molar-refractivity contribution in [1.82, 2.24) is 48.3 Å². The van der Waals surface area contributed by atoms with E-state index in [0.717, 1.165) is 36.0 Å². The summed E-state index contributed by atoms with van der Waals surface area (Å²) in [5, 5.41) is 27.6. The zero-order valence-corrected chi connectivity index (χ0v) is 62.5. The van der Waals surface area contributed by atoms with Crippen molar-refractivity contribution in [1.29, 1.82) is 10.5 Å². The first-order valence-electron chi connectivity index (χ1n) is 34.8. The first-order valence-corrected chi connectivity index (χ1v) is 38.7. The number of halogens is 6. The van der Waals surface area contributed by atoms with Crippen molar-refractivity contribution >= 4 is 134 Å². The van der Waals surface area contributed by atoms with Crippen LogP contribution in [0.25, 0.3) is 64.9 Å². The number of methoxy groups -OCH3 is 2. The summed E-state index contributed by atoms with van der Waals surface area (Å²) in [7, 11) is -2.90. The molecule has 112 heavy (non-hydrogen) atoms. The van der Waals surface area contributed by atoms with E-state index in [-0.39, 0.29) is 49.2 Å². The second-order valence-electron chi connectivity index (χ2n) is 25.6. The van der Waals surface area contributed by atoms with E-state index in [9.17, 15) is 54.9 Å². The van der Waals surface area contributed by atoms with Crippen LogP contribution in [0.4, 0.5) is 26.3 Å². The highest BCUT2D eigenvalue weighted by Gasteiger charge is 2.47. The number of hydrogen-bond acceptors (Lipinski definition) is 17. The van der Waals surface area contributed by atoms with Crippen LogP contribution in [-0.4, -0.2) is 105 Å². The van der Waals surface area contributed by atoms with Crippen molar-refractivity contribution in [3.05, 3.63) is 263 Å². The van der Waals surface area contributed by atoms with E-state index in [1.165, 1.54) is 41.4 Å². The van der Waals surface area contributed by atoms with Crippen LogP contribution in [0.15, 0.2) is 231 Å². The van der Waals surface area contributed by atoms with Crippen molar-refractivity contribution in [2.24, 2.45) is 0 Å². The summed E-state index contributed by atoms with van der Waals surface area (Å²) in [4.78, 5) is 51.0. The van der Waals surface area contributed by atoms with E-state index in [4.69, 9.17) is 28.9 Å². The number of aromatic amines is 2. The van der Waals surface area contributed by atoms with E-state index in [1.807, 2.05) is 175 Å². The Bertz CT molecular complexity index is 5890. The number of fused-ring (bicyclic) bond motifs is 3. The van der Waals surface area contributed by atoms with Crippen molar-refractivity contribution in [2.45, 2.75) is 55.1 Å². The SMILES string of the molecule is COc1ccc2sc(/C(C#N)=c3/c4c(-c5ccc(OC(CCCC(=O)NSC(F)(F)F)c6ncc[nH]6)cc5)n(B(c5ccccc5)c5ccccc5)/c(=C(/C#N)c5nc6cc(OC)ccc6s5)c4c(-c4ccc(OCC(CCC(=O)NS(=O)(=O)C(F)(F)F)c5c[nH]cn5)cc4)n3B(c3ccccc3)c3ccccc3)nc2c1. The number of thiazole rings is 2. The van der Waals surface area contributed by atoms with Gasteiger partial charge in [-0.05, 0) is 103 Å². The highest BCUT2D eigenvalue weighted by atomic mass is 32.2. The smallest absolute Gasteiger partial charge is 0.497 e. The number of carbonyl (C=O) groups excluding carboxylic acids is 2. The number of ether oxygens (including phenoxy) is 4. The molecule has 14 aromatic rings. The Balaban J connectivity index is 1.10. The summed E-state index contributed by atoms with van der Waals surface area (Å²) in [5.41, 5.74) is -3.57. The number of amides is 2. The van der Waals surface area contributed by atoms with Crippen molar-refractivity contribution in [3.63, 3.8) is 0 Å². The molecule has 2 atom stereocenters. The highest BCUT2D eigenvalue weighted by Crippen LogP contribution is 2.41. The Labute approximate surface area is 649 Å². The van der Waals surface area contributed by atoms with Crippen molar-refractivity contribution in [2.75, 3.05) is 20.8 Å². The van der Waals surface area contributed by atoms with Gasteiger partial charge in [0.15, 0.2) is 6.10 Å². The third kappa shape index (κ3) is 16.4. The van der Waals surface area contributed by atoms with E-state index < -0.39 is 76.9 Å². The minimum absolute atomic E-state index is 0.108. The maximum absolute atomic E-state index is 13.4. The third-order valence-electron chi connectivity index (χ3n) is 18.6. The maximum atomic E-state index is 13.4. The molecule has 8 aromatic carbocycles. The lowest BCUT2D eigenvalue weighted by Gasteiger charge is -2.24. The average Bonchev–Trinajstić information content (AvgIpc) is 1.52. The van der Waals surface area contributed by atoms with Crippen LogP contribution >= 0.6 is 34.6 Å². The average molecular weight is 1580 g/mol. The fraction of sp³-hybridized carbons (Fsp3) is 0.150. The lowest BCUT2D eigenvalue weighted by Crippen LogP contribution is -2.54. The summed E-state index contributed by atoms with van der Waals surface area (Å²) in [6, 6.07) is 69.9. The van der Waals surface area contributed by atoms with Gasteiger partial charge in [0.1, 0.15) is 62.1 Å². The van der Waals surface area contributed by atoms with Crippen LogP contribution in [0.1, 0.15) is 65.7 Å². The zero-order valence-electron chi connectivity index (χ0n) is 59.2. The van der Waals surface area contributed by atoms with E-state index in [2.05, 4.69) is 41.0 Å². The van der Waals surface area contributed by atoms with Gasteiger partial charge in [-0.15, -0.1) is 22.7 Å². The lowest BCUT2D eigenvalue weighted by atomic mass is 9.50. The number of H-pyrrole nitrogens is 2. The van der Waals surface area contributed by atoms with Crippen molar-refractivity contribution < 1.29 is 63.3 Å². The quantitative estimate of drug-likeness (QED) is 0.0202. The first-order chi connectivity index (χ1) is 54.2. The monoisotopic (exact) mass is 1580 g/mol. The van der Waals surface area contributed by atoms with Gasteiger partial charge in [-0.3, -0.25) is 14.3 Å². The Kier molecular flexibility index (Phi) is 22.6. The number of imidazole rings is 2. The number of carbonyl (C=O) groups is 2. The largest absolute Gasteiger partial charge is 0.516 e. The number of benzene rings is 8. The highest BCUT2D eigenvalue weighted by molar-refractivity contribution is 7.98. The van der Waals surface area contributed by atoms with E-state index >= 15 is 0 Å². The number of nitrogens with zero attached hydrogens (tertiary/aromatic N) is 8. The number of alkyl halides is 6. The molecule has 0 saturated carbocycles. The number of rotatable bonds is 28. The Hall–Kier alpha value is -12.4. The molecule has 4 N–H and O–H groups in total. The van der Waals surface area contributed by atoms with Gasteiger partial charge in [0.05, 0.1) is 75.9 Å². The van der Waals surface area contributed by atoms with Gasteiger partial charge in [0, 0.05) is 71.6 Å². The molecule has 0 saturated heterocycles. The molecule has 0 spiro atoms. The van der Waals surface area contributed by atoms with Gasteiger partial charge in [0.25, 0.3) is 0 Å². The summed E-state index contributed by atoms with van der Waals surface area (Å²) < 4.78 is 137. The summed E-state index contributed by atoms with van der Waals surface area (Å²) in [6.45, 7) is -1.85. The van der Waals surface area contributed by atoms with Crippen LogP contribution in [0.5, 0.6) is 23.0 Å². The summed E-state index contributed by atoms with van der Waals surface area (Å²) in [6.07, 6.45) is 4.37. The molecule has 6 aromatic heterocycles. The number of nitrogens with one attached hydrogen (secondary N) is 4. The normalized spacial score (nSPS) is 12.9.